The maximum Gasteiger partial charge on any atom is 0.137 e. The molecule has 21 heavy (non-hydrogen) atoms. The summed E-state index contributed by atoms with van der Waals surface area (Å²) in [5.41, 5.74) is 0.903. The summed E-state index contributed by atoms with van der Waals surface area (Å²) in [4.78, 5) is 11.8. The van der Waals surface area contributed by atoms with Crippen LogP contribution in [0.3, 0.4) is 0 Å². The van der Waals surface area contributed by atoms with Gasteiger partial charge in [-0.3, -0.25) is 0 Å². The molecule has 2 rings (SSSR count). The van der Waals surface area contributed by atoms with Crippen LogP contribution in [0, 0.1) is 18.8 Å². The van der Waals surface area contributed by atoms with Gasteiger partial charge < -0.3 is 4.90 Å². The molecule has 1 aromatic heterocycles. The topological polar surface area (TPSA) is 29.0 Å². The van der Waals surface area contributed by atoms with Gasteiger partial charge in [-0.2, -0.15) is 0 Å². The molecule has 1 aliphatic rings. The van der Waals surface area contributed by atoms with Gasteiger partial charge in [-0.1, -0.05) is 46.2 Å². The van der Waals surface area contributed by atoms with Crippen LogP contribution < -0.4 is 4.90 Å². The molecule has 0 amide bonds. The van der Waals surface area contributed by atoms with Crippen molar-refractivity contribution < 1.29 is 0 Å². The lowest BCUT2D eigenvalue weighted by molar-refractivity contribution is 0.294. The van der Waals surface area contributed by atoms with Crippen molar-refractivity contribution in [3.8, 4) is 0 Å². The van der Waals surface area contributed by atoms with E-state index in [1.54, 1.807) is 0 Å². The monoisotopic (exact) mass is 309 g/mol. The van der Waals surface area contributed by atoms with Gasteiger partial charge in [-0.15, -0.1) is 0 Å². The number of anilines is 1. The molecule has 0 radical (unpaired) electrons. The zero-order valence-electron chi connectivity index (χ0n) is 14.4. The molecule has 0 aliphatic carbocycles. The molecule has 118 valence electrons. The molecule has 0 saturated carbocycles. The largest absolute Gasteiger partial charge is 0.353 e. The SMILES string of the molecule is Cc1c(Cl)nc(C(C)(C)C)nc1N1CC(C)CC(C)C1C. The Morgan fingerprint density at radius 1 is 1.14 bits per heavy atom. The third kappa shape index (κ3) is 3.33. The Balaban J connectivity index is 2.49. The summed E-state index contributed by atoms with van der Waals surface area (Å²) in [6.07, 6.45) is 1.28. The van der Waals surface area contributed by atoms with Gasteiger partial charge in [-0.25, -0.2) is 9.97 Å². The third-order valence-corrected chi connectivity index (χ3v) is 4.97. The third-order valence-electron chi connectivity index (χ3n) is 4.60. The van der Waals surface area contributed by atoms with Crippen molar-refractivity contribution in [1.82, 2.24) is 9.97 Å². The molecule has 3 atom stereocenters. The minimum absolute atomic E-state index is 0.0949. The van der Waals surface area contributed by atoms with Gasteiger partial charge >= 0.3 is 0 Å². The Bertz CT molecular complexity index is 522. The van der Waals surface area contributed by atoms with Crippen LogP contribution in [0.5, 0.6) is 0 Å². The van der Waals surface area contributed by atoms with Crippen molar-refractivity contribution in [2.75, 3.05) is 11.4 Å². The van der Waals surface area contributed by atoms with Crippen LogP contribution in [-0.2, 0) is 5.41 Å². The molecule has 1 aliphatic heterocycles. The van der Waals surface area contributed by atoms with Crippen molar-refractivity contribution >= 4 is 17.4 Å². The predicted molar refractivity (Wildman–Crippen MR) is 90.2 cm³/mol. The highest BCUT2D eigenvalue weighted by molar-refractivity contribution is 6.30. The molecular weight excluding hydrogens is 282 g/mol. The van der Waals surface area contributed by atoms with E-state index in [9.17, 15) is 0 Å². The van der Waals surface area contributed by atoms with Gasteiger partial charge in [0.15, 0.2) is 0 Å². The summed E-state index contributed by atoms with van der Waals surface area (Å²) in [6, 6.07) is 0.485. The quantitative estimate of drug-likeness (QED) is 0.710. The lowest BCUT2D eigenvalue weighted by atomic mass is 9.86. The zero-order valence-corrected chi connectivity index (χ0v) is 15.1. The molecule has 0 spiro atoms. The van der Waals surface area contributed by atoms with Crippen molar-refractivity contribution in [2.45, 2.75) is 66.3 Å². The van der Waals surface area contributed by atoms with Crippen LogP contribution in [-0.4, -0.2) is 22.6 Å². The summed E-state index contributed by atoms with van der Waals surface area (Å²) < 4.78 is 0. The first-order valence-electron chi connectivity index (χ1n) is 7.92. The molecule has 0 N–H and O–H groups in total. The van der Waals surface area contributed by atoms with Crippen LogP contribution in [0.2, 0.25) is 5.15 Å². The van der Waals surface area contributed by atoms with Crippen molar-refractivity contribution in [1.29, 1.82) is 0 Å². The fraction of sp³-hybridized carbons (Fsp3) is 0.765. The highest BCUT2D eigenvalue weighted by atomic mass is 35.5. The number of halogens is 1. The Kier molecular flexibility index (Phi) is 4.53. The highest BCUT2D eigenvalue weighted by Crippen LogP contribution is 2.35. The molecule has 1 saturated heterocycles. The second kappa shape index (κ2) is 5.75. The van der Waals surface area contributed by atoms with E-state index in [0.29, 0.717) is 23.0 Å². The minimum atomic E-state index is -0.0949. The lowest BCUT2D eigenvalue weighted by Crippen LogP contribution is -2.46. The zero-order chi connectivity index (χ0) is 15.9. The summed E-state index contributed by atoms with van der Waals surface area (Å²) in [5, 5.41) is 0.586. The lowest BCUT2D eigenvalue weighted by Gasteiger charge is -2.42. The molecule has 0 bridgehead atoms. The molecule has 4 heteroatoms. The van der Waals surface area contributed by atoms with Gasteiger partial charge in [-0.05, 0) is 32.1 Å². The highest BCUT2D eigenvalue weighted by Gasteiger charge is 2.32. The van der Waals surface area contributed by atoms with Crippen LogP contribution in [0.1, 0.15) is 59.4 Å². The summed E-state index contributed by atoms with van der Waals surface area (Å²) in [5.74, 6) is 3.19. The number of nitrogens with zero attached hydrogens (tertiary/aromatic N) is 3. The van der Waals surface area contributed by atoms with Crippen molar-refractivity contribution in [2.24, 2.45) is 11.8 Å². The average Bonchev–Trinajstić information content (AvgIpc) is 2.36. The van der Waals surface area contributed by atoms with Gasteiger partial charge in [0.05, 0.1) is 0 Å². The number of aromatic nitrogens is 2. The van der Waals surface area contributed by atoms with Crippen LogP contribution >= 0.6 is 11.6 Å². The van der Waals surface area contributed by atoms with Gasteiger partial charge in [0.25, 0.3) is 0 Å². The Hall–Kier alpha value is -0.830. The first-order valence-corrected chi connectivity index (χ1v) is 8.30. The molecule has 2 heterocycles. The van der Waals surface area contributed by atoms with Gasteiger partial charge in [0.2, 0.25) is 0 Å². The standard InChI is InChI=1S/C17H28ClN3/c1-10-8-11(2)13(4)21(9-10)15-12(3)14(18)19-16(20-15)17(5,6)7/h10-11,13H,8-9H2,1-7H3. The minimum Gasteiger partial charge on any atom is -0.353 e. The molecule has 1 fully saturated rings. The first kappa shape index (κ1) is 16.5. The van der Waals surface area contributed by atoms with E-state index >= 15 is 0 Å². The first-order chi connectivity index (χ1) is 9.61. The normalized spacial score (nSPS) is 27.0. The molecule has 0 aromatic carbocycles. The van der Waals surface area contributed by atoms with E-state index < -0.39 is 0 Å². The molecule has 1 aromatic rings. The van der Waals surface area contributed by atoms with Gasteiger partial charge in [0.1, 0.15) is 16.8 Å². The average molecular weight is 310 g/mol. The van der Waals surface area contributed by atoms with Crippen molar-refractivity contribution in [3.05, 3.63) is 16.5 Å². The van der Waals surface area contributed by atoms with Crippen LogP contribution in [0.15, 0.2) is 0 Å². The molecular formula is C17H28ClN3. The predicted octanol–water partition coefficient (Wildman–Crippen LogP) is 4.61. The van der Waals surface area contributed by atoms with Gasteiger partial charge in [0, 0.05) is 23.6 Å². The van der Waals surface area contributed by atoms with Crippen LogP contribution in [0.4, 0.5) is 5.82 Å². The Morgan fingerprint density at radius 2 is 1.76 bits per heavy atom. The van der Waals surface area contributed by atoms with Crippen LogP contribution in [0.25, 0.3) is 0 Å². The Labute approximate surface area is 134 Å². The van der Waals surface area contributed by atoms with E-state index in [4.69, 9.17) is 16.6 Å². The number of hydrogen-bond donors (Lipinski definition) is 0. The van der Waals surface area contributed by atoms with E-state index in [2.05, 4.69) is 51.4 Å². The van der Waals surface area contributed by atoms with E-state index in [1.807, 2.05) is 6.92 Å². The smallest absolute Gasteiger partial charge is 0.137 e. The second-order valence-electron chi connectivity index (χ2n) is 7.75. The number of rotatable bonds is 1. The summed E-state index contributed by atoms with van der Waals surface area (Å²) in [6.45, 7) is 16.4. The van der Waals surface area contributed by atoms with E-state index in [1.165, 1.54) is 6.42 Å². The fourth-order valence-electron chi connectivity index (χ4n) is 3.09. The maximum atomic E-state index is 6.39. The summed E-state index contributed by atoms with van der Waals surface area (Å²) >= 11 is 6.39. The second-order valence-corrected chi connectivity index (χ2v) is 8.11. The molecule has 3 unspecified atom stereocenters. The number of hydrogen-bond acceptors (Lipinski definition) is 3. The summed E-state index contributed by atoms with van der Waals surface area (Å²) in [7, 11) is 0. The Morgan fingerprint density at radius 3 is 2.33 bits per heavy atom. The van der Waals surface area contributed by atoms with E-state index in [-0.39, 0.29) is 5.41 Å². The maximum absolute atomic E-state index is 6.39. The van der Waals surface area contributed by atoms with E-state index in [0.717, 1.165) is 23.8 Å². The van der Waals surface area contributed by atoms with Crippen molar-refractivity contribution in [3.63, 3.8) is 0 Å². The fourth-order valence-corrected chi connectivity index (χ4v) is 3.25. The number of piperidine rings is 1. The molecule has 3 nitrogen and oxygen atoms in total.